The summed E-state index contributed by atoms with van der Waals surface area (Å²) in [4.78, 5) is 5.13. The molecule has 0 spiro atoms. The third-order valence-corrected chi connectivity index (χ3v) is 4.59. The number of hydrogen-bond acceptors (Lipinski definition) is 3. The second kappa shape index (κ2) is 4.83. The highest BCUT2D eigenvalue weighted by Gasteiger charge is 2.31. The molecule has 2 fully saturated rings. The van der Waals surface area contributed by atoms with E-state index in [1.165, 1.54) is 31.5 Å². The van der Waals surface area contributed by atoms with E-state index in [1.54, 1.807) is 4.68 Å². The first-order valence-electron chi connectivity index (χ1n) is 6.79. The van der Waals surface area contributed by atoms with Gasteiger partial charge in [0, 0.05) is 51.4 Å². The fourth-order valence-electron chi connectivity index (χ4n) is 2.80. The van der Waals surface area contributed by atoms with Gasteiger partial charge in [-0.25, -0.2) is 0 Å². The van der Waals surface area contributed by atoms with Crippen LogP contribution in [0.15, 0.2) is 0 Å². The van der Waals surface area contributed by atoms with Crippen LogP contribution in [0.4, 0.5) is 0 Å². The molecule has 4 nitrogen and oxygen atoms in total. The van der Waals surface area contributed by atoms with Gasteiger partial charge >= 0.3 is 0 Å². The van der Waals surface area contributed by atoms with E-state index in [0.29, 0.717) is 0 Å². The molecule has 0 radical (unpaired) electrons. The zero-order valence-corrected chi connectivity index (χ0v) is 11.9. The maximum Gasteiger partial charge on any atom is 0.131 e. The maximum absolute atomic E-state index is 6.29. The molecule has 0 unspecified atom stereocenters. The average Bonchev–Trinajstić information content (AvgIpc) is 3.16. The predicted octanol–water partition coefficient (Wildman–Crippen LogP) is 1.66. The van der Waals surface area contributed by atoms with Gasteiger partial charge in [0.1, 0.15) is 5.15 Å². The van der Waals surface area contributed by atoms with Crippen LogP contribution < -0.4 is 0 Å². The monoisotopic (exact) mass is 268 g/mol. The van der Waals surface area contributed by atoms with Crippen LogP contribution in [0.1, 0.15) is 24.1 Å². The third kappa shape index (κ3) is 2.42. The van der Waals surface area contributed by atoms with Crippen LogP contribution in [0.25, 0.3) is 0 Å². The van der Waals surface area contributed by atoms with Gasteiger partial charge in [-0.05, 0) is 19.8 Å². The van der Waals surface area contributed by atoms with Gasteiger partial charge in [0.15, 0.2) is 0 Å². The molecule has 100 valence electrons. The normalized spacial score (nSPS) is 22.6. The van der Waals surface area contributed by atoms with Gasteiger partial charge in [-0.2, -0.15) is 5.10 Å². The van der Waals surface area contributed by atoms with Crippen molar-refractivity contribution in [3.8, 4) is 0 Å². The molecule has 3 rings (SSSR count). The Bertz CT molecular complexity index is 430. The van der Waals surface area contributed by atoms with Gasteiger partial charge in [-0.3, -0.25) is 14.5 Å². The molecular formula is C13H21ClN4. The average molecular weight is 269 g/mol. The number of halogens is 1. The zero-order valence-electron chi connectivity index (χ0n) is 11.2. The molecule has 1 aliphatic heterocycles. The lowest BCUT2D eigenvalue weighted by Gasteiger charge is -2.34. The second-order valence-corrected chi connectivity index (χ2v) is 5.88. The molecule has 1 saturated carbocycles. The van der Waals surface area contributed by atoms with Crippen molar-refractivity contribution in [1.82, 2.24) is 19.6 Å². The van der Waals surface area contributed by atoms with Crippen molar-refractivity contribution in [1.29, 1.82) is 0 Å². The Kier molecular flexibility index (Phi) is 3.34. The minimum atomic E-state index is 0.789. The van der Waals surface area contributed by atoms with Crippen molar-refractivity contribution in [3.05, 3.63) is 16.4 Å². The van der Waals surface area contributed by atoms with E-state index in [0.717, 1.165) is 36.5 Å². The summed E-state index contributed by atoms with van der Waals surface area (Å²) >= 11 is 6.29. The summed E-state index contributed by atoms with van der Waals surface area (Å²) in [7, 11) is 1.91. The molecule has 1 aromatic rings. The smallest absolute Gasteiger partial charge is 0.131 e. The Morgan fingerprint density at radius 1 is 1.22 bits per heavy atom. The van der Waals surface area contributed by atoms with E-state index in [9.17, 15) is 0 Å². The van der Waals surface area contributed by atoms with Gasteiger partial charge in [0.2, 0.25) is 0 Å². The number of aryl methyl sites for hydroxylation is 2. The molecule has 0 amide bonds. The number of nitrogens with zero attached hydrogens (tertiary/aromatic N) is 4. The molecule has 2 heterocycles. The zero-order chi connectivity index (χ0) is 12.7. The molecule has 0 N–H and O–H groups in total. The minimum Gasteiger partial charge on any atom is -0.298 e. The highest BCUT2D eigenvalue weighted by Crippen LogP contribution is 2.28. The lowest BCUT2D eigenvalue weighted by molar-refractivity contribution is 0.121. The van der Waals surface area contributed by atoms with Crippen molar-refractivity contribution in [3.63, 3.8) is 0 Å². The quantitative estimate of drug-likeness (QED) is 0.833. The maximum atomic E-state index is 6.29. The van der Waals surface area contributed by atoms with E-state index >= 15 is 0 Å². The van der Waals surface area contributed by atoms with E-state index < -0.39 is 0 Å². The standard InChI is InChI=1S/C13H21ClN4/c1-10-12(13(14)16(2)15-10)9-17-5-7-18(8-6-17)11-3-4-11/h11H,3-9H2,1-2H3. The van der Waals surface area contributed by atoms with E-state index in [1.807, 2.05) is 14.0 Å². The molecule has 0 aromatic carbocycles. The van der Waals surface area contributed by atoms with E-state index in [-0.39, 0.29) is 0 Å². The first kappa shape index (κ1) is 12.5. The number of piperazine rings is 1. The van der Waals surface area contributed by atoms with Crippen molar-refractivity contribution in [2.24, 2.45) is 7.05 Å². The Morgan fingerprint density at radius 2 is 1.89 bits per heavy atom. The molecule has 2 aliphatic rings. The second-order valence-electron chi connectivity index (χ2n) is 5.52. The van der Waals surface area contributed by atoms with Gasteiger partial charge in [0.05, 0.1) is 5.69 Å². The summed E-state index contributed by atoms with van der Waals surface area (Å²) in [6.45, 7) is 7.71. The lowest BCUT2D eigenvalue weighted by Crippen LogP contribution is -2.46. The summed E-state index contributed by atoms with van der Waals surface area (Å²) < 4.78 is 1.77. The molecule has 5 heteroatoms. The highest BCUT2D eigenvalue weighted by molar-refractivity contribution is 6.30. The highest BCUT2D eigenvalue weighted by atomic mass is 35.5. The minimum absolute atomic E-state index is 0.789. The Balaban J connectivity index is 1.60. The van der Waals surface area contributed by atoms with Crippen LogP contribution in [0.5, 0.6) is 0 Å². The van der Waals surface area contributed by atoms with Crippen molar-refractivity contribution < 1.29 is 0 Å². The first-order chi connectivity index (χ1) is 8.65. The van der Waals surface area contributed by atoms with E-state index in [2.05, 4.69) is 14.9 Å². The van der Waals surface area contributed by atoms with E-state index in [4.69, 9.17) is 11.6 Å². The molecule has 1 aromatic heterocycles. The largest absolute Gasteiger partial charge is 0.298 e. The molecule has 1 saturated heterocycles. The topological polar surface area (TPSA) is 24.3 Å². The van der Waals surface area contributed by atoms with Crippen LogP contribution >= 0.6 is 11.6 Å². The Morgan fingerprint density at radius 3 is 2.39 bits per heavy atom. The fraction of sp³-hybridized carbons (Fsp3) is 0.769. The first-order valence-corrected chi connectivity index (χ1v) is 7.17. The molecule has 0 atom stereocenters. The summed E-state index contributed by atoms with van der Waals surface area (Å²) in [5.74, 6) is 0. The van der Waals surface area contributed by atoms with Gasteiger partial charge in [-0.15, -0.1) is 0 Å². The van der Waals surface area contributed by atoms with Crippen LogP contribution in [0.2, 0.25) is 5.15 Å². The number of aromatic nitrogens is 2. The SMILES string of the molecule is Cc1nn(C)c(Cl)c1CN1CCN(C2CC2)CC1. The molecular weight excluding hydrogens is 248 g/mol. The van der Waals surface area contributed by atoms with Gasteiger partial charge < -0.3 is 0 Å². The summed E-state index contributed by atoms with van der Waals surface area (Å²) in [6, 6.07) is 0.899. The summed E-state index contributed by atoms with van der Waals surface area (Å²) in [5, 5.41) is 5.17. The lowest BCUT2D eigenvalue weighted by atomic mass is 10.2. The van der Waals surface area contributed by atoms with Gasteiger partial charge in [-0.1, -0.05) is 11.6 Å². The van der Waals surface area contributed by atoms with Crippen LogP contribution in [-0.4, -0.2) is 51.8 Å². The Labute approximate surface area is 113 Å². The molecule has 18 heavy (non-hydrogen) atoms. The summed E-state index contributed by atoms with van der Waals surface area (Å²) in [5.41, 5.74) is 2.26. The van der Waals surface area contributed by atoms with Crippen LogP contribution in [-0.2, 0) is 13.6 Å². The van der Waals surface area contributed by atoms with Gasteiger partial charge in [0.25, 0.3) is 0 Å². The fourth-order valence-corrected chi connectivity index (χ4v) is 3.04. The van der Waals surface area contributed by atoms with Crippen LogP contribution in [0, 0.1) is 6.92 Å². The molecule has 0 bridgehead atoms. The predicted molar refractivity (Wildman–Crippen MR) is 72.8 cm³/mol. The van der Waals surface area contributed by atoms with Crippen LogP contribution in [0.3, 0.4) is 0 Å². The molecule has 1 aliphatic carbocycles. The van der Waals surface area contributed by atoms with Crippen molar-refractivity contribution >= 4 is 11.6 Å². The van der Waals surface area contributed by atoms with Crippen molar-refractivity contribution in [2.75, 3.05) is 26.2 Å². The summed E-state index contributed by atoms with van der Waals surface area (Å²) in [6.07, 6.45) is 2.82. The Hall–Kier alpha value is -0.580. The van der Waals surface area contributed by atoms with Crippen molar-refractivity contribution in [2.45, 2.75) is 32.4 Å². The third-order valence-electron chi connectivity index (χ3n) is 4.12. The number of hydrogen-bond donors (Lipinski definition) is 0. The number of rotatable bonds is 3.